The zero-order chi connectivity index (χ0) is 30.5. The van der Waals surface area contributed by atoms with Gasteiger partial charge in [0.2, 0.25) is 11.9 Å². The van der Waals surface area contributed by atoms with E-state index in [1.54, 1.807) is 26.8 Å². The first-order chi connectivity index (χ1) is 19.9. The van der Waals surface area contributed by atoms with Crippen LogP contribution in [0, 0.1) is 19.7 Å². The van der Waals surface area contributed by atoms with Crippen LogP contribution < -0.4 is 19.1 Å². The maximum absolute atomic E-state index is 13.6. The van der Waals surface area contributed by atoms with Gasteiger partial charge in [0.25, 0.3) is 20.0 Å². The van der Waals surface area contributed by atoms with E-state index in [2.05, 4.69) is 20.0 Å². The number of amides is 1. The first-order valence-electron chi connectivity index (χ1n) is 12.6. The number of nitrogens with zero attached hydrogens (tertiary/aromatic N) is 3. The Hall–Kier alpha value is -4.56. The molecular formula is C28H28FN5O6S2. The van der Waals surface area contributed by atoms with Gasteiger partial charge in [-0.25, -0.2) is 35.9 Å². The highest BCUT2D eigenvalue weighted by Crippen LogP contribution is 2.26. The molecule has 42 heavy (non-hydrogen) atoms. The predicted octanol–water partition coefficient (Wildman–Crippen LogP) is 4.27. The van der Waals surface area contributed by atoms with Gasteiger partial charge in [-0.3, -0.25) is 9.10 Å². The Morgan fingerprint density at radius 2 is 1.43 bits per heavy atom. The summed E-state index contributed by atoms with van der Waals surface area (Å²) in [5.74, 6) is -0.884. The number of aryl methyl sites for hydroxylation is 2. The maximum Gasteiger partial charge on any atom is 0.264 e. The number of sulfonamides is 2. The van der Waals surface area contributed by atoms with E-state index in [1.807, 2.05) is 0 Å². The molecule has 1 amide bonds. The smallest absolute Gasteiger partial charge is 0.264 e. The van der Waals surface area contributed by atoms with Crippen LogP contribution in [0.3, 0.4) is 0 Å². The molecule has 0 fully saturated rings. The standard InChI is InChI=1S/C28H28FN5O6S2/c1-4-40-24-11-15-26(16-12-24)42(38,39)34(23-9-5-21(29)6-10-23)18-27(35)32-22-7-13-25(14-8-22)41(36,37)33-28-30-19(2)17-20(3)31-28/h5-17H,4,18H2,1-3H3,(H,32,35)(H,30,31,33). The second-order valence-corrected chi connectivity index (χ2v) is 12.6. The highest BCUT2D eigenvalue weighted by Gasteiger charge is 2.27. The van der Waals surface area contributed by atoms with Gasteiger partial charge in [-0.15, -0.1) is 0 Å². The second-order valence-electron chi connectivity index (χ2n) is 9.04. The molecule has 3 aromatic carbocycles. The fraction of sp³-hybridized carbons (Fsp3) is 0.179. The van der Waals surface area contributed by atoms with Crippen LogP contribution in [0.1, 0.15) is 18.3 Å². The fourth-order valence-corrected chi connectivity index (χ4v) is 6.29. The summed E-state index contributed by atoms with van der Waals surface area (Å²) in [7, 11) is -8.28. The molecule has 2 N–H and O–H groups in total. The zero-order valence-corrected chi connectivity index (χ0v) is 24.5. The molecule has 4 rings (SSSR count). The first-order valence-corrected chi connectivity index (χ1v) is 15.6. The summed E-state index contributed by atoms with van der Waals surface area (Å²) in [5, 5.41) is 2.57. The lowest BCUT2D eigenvalue weighted by molar-refractivity contribution is -0.114. The Labute approximate surface area is 243 Å². The van der Waals surface area contributed by atoms with Gasteiger partial charge >= 0.3 is 0 Å². The van der Waals surface area contributed by atoms with Crippen molar-refractivity contribution in [1.29, 1.82) is 0 Å². The van der Waals surface area contributed by atoms with Gasteiger partial charge in [-0.2, -0.15) is 0 Å². The van der Waals surface area contributed by atoms with Gasteiger partial charge in [-0.1, -0.05) is 0 Å². The van der Waals surface area contributed by atoms with Crippen molar-refractivity contribution >= 4 is 43.3 Å². The Kier molecular flexibility index (Phi) is 9.07. The molecule has 4 aromatic rings. The molecule has 14 heteroatoms. The number of halogens is 1. The highest BCUT2D eigenvalue weighted by atomic mass is 32.2. The number of anilines is 3. The van der Waals surface area contributed by atoms with Gasteiger partial charge in [-0.05, 0) is 99.6 Å². The number of nitrogens with one attached hydrogen (secondary N) is 2. The van der Waals surface area contributed by atoms with Crippen LogP contribution in [0.15, 0.2) is 88.7 Å². The van der Waals surface area contributed by atoms with Crippen molar-refractivity contribution in [3.8, 4) is 5.75 Å². The van der Waals surface area contributed by atoms with Crippen LogP contribution in [0.25, 0.3) is 0 Å². The number of ether oxygens (including phenoxy) is 1. The van der Waals surface area contributed by atoms with Crippen LogP contribution in [0.2, 0.25) is 0 Å². The van der Waals surface area contributed by atoms with Crippen LogP contribution >= 0.6 is 0 Å². The lowest BCUT2D eigenvalue weighted by Gasteiger charge is -2.24. The van der Waals surface area contributed by atoms with Gasteiger partial charge in [0.1, 0.15) is 18.1 Å². The molecule has 0 aliphatic carbocycles. The summed E-state index contributed by atoms with van der Waals surface area (Å²) < 4.78 is 74.8. The summed E-state index contributed by atoms with van der Waals surface area (Å²) >= 11 is 0. The molecule has 220 valence electrons. The molecule has 11 nitrogen and oxygen atoms in total. The van der Waals surface area contributed by atoms with Gasteiger partial charge in [0.05, 0.1) is 22.1 Å². The van der Waals surface area contributed by atoms with Crippen molar-refractivity contribution in [3.05, 3.63) is 96.1 Å². The third kappa shape index (κ3) is 7.39. The number of hydrogen-bond donors (Lipinski definition) is 2. The molecule has 0 unspecified atom stereocenters. The minimum atomic E-state index is -4.25. The van der Waals surface area contributed by atoms with Crippen molar-refractivity contribution in [2.45, 2.75) is 30.6 Å². The van der Waals surface area contributed by atoms with E-state index in [0.717, 1.165) is 16.4 Å². The molecule has 0 aliphatic rings. The highest BCUT2D eigenvalue weighted by molar-refractivity contribution is 7.93. The van der Waals surface area contributed by atoms with Gasteiger partial charge < -0.3 is 10.1 Å². The average molecular weight is 614 g/mol. The number of benzene rings is 3. The Bertz CT molecular complexity index is 1760. The monoisotopic (exact) mass is 613 g/mol. The van der Waals surface area contributed by atoms with Crippen LogP contribution in [-0.4, -0.2) is 45.9 Å². The van der Waals surface area contributed by atoms with E-state index in [9.17, 15) is 26.0 Å². The molecule has 0 atom stereocenters. The van der Waals surface area contributed by atoms with E-state index < -0.39 is 38.3 Å². The predicted molar refractivity (Wildman–Crippen MR) is 156 cm³/mol. The number of aromatic nitrogens is 2. The van der Waals surface area contributed by atoms with Crippen molar-refractivity contribution in [2.24, 2.45) is 0 Å². The van der Waals surface area contributed by atoms with Crippen molar-refractivity contribution in [2.75, 3.05) is 27.5 Å². The van der Waals surface area contributed by atoms with E-state index in [4.69, 9.17) is 4.74 Å². The largest absolute Gasteiger partial charge is 0.494 e. The van der Waals surface area contributed by atoms with E-state index >= 15 is 0 Å². The molecule has 1 heterocycles. The van der Waals surface area contributed by atoms with Crippen molar-refractivity contribution in [1.82, 2.24) is 9.97 Å². The van der Waals surface area contributed by atoms with Crippen LogP contribution in [-0.2, 0) is 24.8 Å². The summed E-state index contributed by atoms with van der Waals surface area (Å²) in [6.07, 6.45) is 0. The number of hydrogen-bond acceptors (Lipinski definition) is 8. The molecular weight excluding hydrogens is 585 g/mol. The molecule has 0 saturated heterocycles. The van der Waals surface area contributed by atoms with E-state index in [0.29, 0.717) is 23.7 Å². The number of carbonyl (C=O) groups excluding carboxylic acids is 1. The molecule has 0 saturated carbocycles. The fourth-order valence-electron chi connectivity index (χ4n) is 3.92. The molecule has 0 spiro atoms. The summed E-state index contributed by atoms with van der Waals surface area (Å²) in [6, 6.07) is 17.3. The topological polar surface area (TPSA) is 148 Å². The summed E-state index contributed by atoms with van der Waals surface area (Å²) in [6.45, 7) is 4.98. The van der Waals surface area contributed by atoms with Gasteiger partial charge in [0.15, 0.2) is 0 Å². The van der Waals surface area contributed by atoms with E-state index in [-0.39, 0.29) is 27.1 Å². The summed E-state index contributed by atoms with van der Waals surface area (Å²) in [5.41, 5.74) is 1.48. The molecule has 0 radical (unpaired) electrons. The lowest BCUT2D eigenvalue weighted by Crippen LogP contribution is -2.38. The Balaban J connectivity index is 1.52. The maximum atomic E-state index is 13.6. The van der Waals surface area contributed by atoms with Crippen molar-refractivity contribution < 1.29 is 30.8 Å². The minimum absolute atomic E-state index is 0.0699. The normalized spacial score (nSPS) is 11.5. The number of carbonyl (C=O) groups is 1. The first kappa shape index (κ1) is 30.4. The Morgan fingerprint density at radius 3 is 2.00 bits per heavy atom. The molecule has 0 aliphatic heterocycles. The SMILES string of the molecule is CCOc1ccc(S(=O)(=O)N(CC(=O)Nc2ccc(S(=O)(=O)Nc3nc(C)cc(C)n3)cc2)c2ccc(F)cc2)cc1. The van der Waals surface area contributed by atoms with Crippen LogP contribution in [0.4, 0.5) is 21.7 Å². The van der Waals surface area contributed by atoms with Crippen LogP contribution in [0.5, 0.6) is 5.75 Å². The van der Waals surface area contributed by atoms with Crippen molar-refractivity contribution in [3.63, 3.8) is 0 Å². The van der Waals surface area contributed by atoms with E-state index in [1.165, 1.54) is 60.7 Å². The molecule has 1 aromatic heterocycles. The quantitative estimate of drug-likeness (QED) is 0.255. The zero-order valence-electron chi connectivity index (χ0n) is 22.9. The second kappa shape index (κ2) is 12.5. The minimum Gasteiger partial charge on any atom is -0.494 e. The third-order valence-electron chi connectivity index (χ3n) is 5.78. The van der Waals surface area contributed by atoms with Gasteiger partial charge in [0, 0.05) is 17.1 Å². The third-order valence-corrected chi connectivity index (χ3v) is 8.91. The molecule has 0 bridgehead atoms. The average Bonchev–Trinajstić information content (AvgIpc) is 2.92. The number of rotatable bonds is 11. The Morgan fingerprint density at radius 1 is 0.857 bits per heavy atom. The lowest BCUT2D eigenvalue weighted by atomic mass is 10.3. The summed E-state index contributed by atoms with van der Waals surface area (Å²) in [4.78, 5) is 21.0.